The Bertz CT molecular complexity index is 802. The van der Waals surface area contributed by atoms with Gasteiger partial charge in [-0.2, -0.15) is 0 Å². The van der Waals surface area contributed by atoms with Gasteiger partial charge in [0.25, 0.3) is 0 Å². The highest BCUT2D eigenvalue weighted by atomic mass is 32.2. The molecular formula is C18H24N4O3S. The molecule has 2 aromatic rings. The van der Waals surface area contributed by atoms with Gasteiger partial charge >= 0.3 is 6.01 Å². The second-order valence-corrected chi connectivity index (χ2v) is 8.89. The van der Waals surface area contributed by atoms with Crippen LogP contribution in [0.3, 0.4) is 0 Å². The minimum Gasteiger partial charge on any atom is -0.460 e. The van der Waals surface area contributed by atoms with Gasteiger partial charge < -0.3 is 4.74 Å². The van der Waals surface area contributed by atoms with Gasteiger partial charge in [-0.3, -0.25) is 4.98 Å². The van der Waals surface area contributed by atoms with E-state index in [9.17, 15) is 8.42 Å². The molecule has 8 heteroatoms. The quantitative estimate of drug-likeness (QED) is 0.769. The molecule has 26 heavy (non-hydrogen) atoms. The first-order valence-corrected chi connectivity index (χ1v) is 10.4. The van der Waals surface area contributed by atoms with Gasteiger partial charge in [0.1, 0.15) is 6.10 Å². The summed E-state index contributed by atoms with van der Waals surface area (Å²) in [6.07, 6.45) is 8.12. The zero-order valence-corrected chi connectivity index (χ0v) is 15.9. The van der Waals surface area contributed by atoms with Crippen molar-refractivity contribution >= 4 is 10.0 Å². The molecule has 1 aliphatic heterocycles. The van der Waals surface area contributed by atoms with E-state index in [2.05, 4.69) is 15.0 Å². The third-order valence-electron chi connectivity index (χ3n) is 4.25. The highest BCUT2D eigenvalue weighted by molar-refractivity contribution is 7.89. The zero-order valence-electron chi connectivity index (χ0n) is 15.1. The van der Waals surface area contributed by atoms with E-state index in [1.165, 1.54) is 0 Å². The minimum absolute atomic E-state index is 0.0627. The summed E-state index contributed by atoms with van der Waals surface area (Å²) in [4.78, 5) is 12.5. The molecule has 7 nitrogen and oxygen atoms in total. The minimum atomic E-state index is -3.17. The summed E-state index contributed by atoms with van der Waals surface area (Å²) in [7, 11) is -3.17. The molecule has 140 valence electrons. The summed E-state index contributed by atoms with van der Waals surface area (Å²) in [5.41, 5.74) is 1.89. The molecule has 0 unspecified atom stereocenters. The van der Waals surface area contributed by atoms with Crippen molar-refractivity contribution in [1.82, 2.24) is 19.3 Å². The molecule has 3 heterocycles. The highest BCUT2D eigenvalue weighted by Gasteiger charge is 2.29. The first-order valence-electron chi connectivity index (χ1n) is 8.81. The van der Waals surface area contributed by atoms with E-state index in [1.807, 2.05) is 26.0 Å². The van der Waals surface area contributed by atoms with Gasteiger partial charge in [0.15, 0.2) is 0 Å². The second kappa shape index (κ2) is 8.09. The van der Waals surface area contributed by atoms with E-state index < -0.39 is 10.0 Å². The van der Waals surface area contributed by atoms with Crippen molar-refractivity contribution in [3.8, 4) is 17.1 Å². The fourth-order valence-corrected chi connectivity index (χ4v) is 4.79. The van der Waals surface area contributed by atoms with Gasteiger partial charge in [0.2, 0.25) is 10.0 Å². The van der Waals surface area contributed by atoms with Crippen LogP contribution in [0.1, 0.15) is 26.7 Å². The summed E-state index contributed by atoms with van der Waals surface area (Å²) in [5, 5.41) is 0. The van der Waals surface area contributed by atoms with Gasteiger partial charge in [-0.05, 0) is 36.5 Å². The van der Waals surface area contributed by atoms with Crippen LogP contribution in [0.5, 0.6) is 6.01 Å². The lowest BCUT2D eigenvalue weighted by Gasteiger charge is -2.31. The maximum Gasteiger partial charge on any atom is 0.316 e. The predicted molar refractivity (Wildman–Crippen MR) is 99.1 cm³/mol. The average molecular weight is 376 g/mol. The zero-order chi connectivity index (χ0) is 18.6. The van der Waals surface area contributed by atoms with E-state index in [1.54, 1.807) is 29.1 Å². The van der Waals surface area contributed by atoms with Gasteiger partial charge in [-0.1, -0.05) is 13.8 Å². The average Bonchev–Trinajstić information content (AvgIpc) is 2.62. The lowest BCUT2D eigenvalue weighted by molar-refractivity contribution is 0.124. The van der Waals surface area contributed by atoms with Gasteiger partial charge in [-0.15, -0.1) is 0 Å². The number of rotatable bonds is 6. The first kappa shape index (κ1) is 18.7. The Balaban J connectivity index is 1.55. The van der Waals surface area contributed by atoms with Crippen LogP contribution in [0.4, 0.5) is 0 Å². The molecule has 2 aromatic heterocycles. The van der Waals surface area contributed by atoms with Crippen molar-refractivity contribution in [2.75, 3.05) is 18.8 Å². The normalized spacial score (nSPS) is 16.7. The highest BCUT2D eigenvalue weighted by Crippen LogP contribution is 2.21. The lowest BCUT2D eigenvalue weighted by Crippen LogP contribution is -2.43. The molecule has 1 aliphatic rings. The summed E-state index contributed by atoms with van der Waals surface area (Å²) in [6, 6.07) is 4.12. The first-order chi connectivity index (χ1) is 12.4. The molecule has 0 saturated carbocycles. The van der Waals surface area contributed by atoms with Gasteiger partial charge in [0.05, 0.1) is 5.75 Å². The molecule has 0 aliphatic carbocycles. The molecule has 0 atom stereocenters. The van der Waals surface area contributed by atoms with Crippen molar-refractivity contribution in [2.24, 2.45) is 5.92 Å². The molecular weight excluding hydrogens is 352 g/mol. The van der Waals surface area contributed by atoms with Crippen LogP contribution in [0.2, 0.25) is 0 Å². The fourth-order valence-electron chi connectivity index (χ4n) is 2.97. The summed E-state index contributed by atoms with van der Waals surface area (Å²) < 4.78 is 32.0. The maximum absolute atomic E-state index is 12.3. The SMILES string of the molecule is CC(C)CS(=O)(=O)N1CCC(Oc2ncc(-c3ccncc3)cn2)CC1. The summed E-state index contributed by atoms with van der Waals surface area (Å²) in [5.74, 6) is 0.319. The molecule has 3 rings (SSSR count). The molecule has 0 bridgehead atoms. The monoisotopic (exact) mass is 376 g/mol. The standard InChI is InChI=1S/C18H24N4O3S/c1-14(2)13-26(23,24)22-9-5-17(6-10-22)25-18-20-11-16(12-21-18)15-3-7-19-8-4-15/h3-4,7-8,11-12,14,17H,5-6,9-10,13H2,1-2H3. The summed E-state index contributed by atoms with van der Waals surface area (Å²) in [6.45, 7) is 4.80. The lowest BCUT2D eigenvalue weighted by atomic mass is 10.1. The van der Waals surface area contributed by atoms with Crippen LogP contribution in [0.25, 0.3) is 11.1 Å². The Hall–Kier alpha value is -2.06. The van der Waals surface area contributed by atoms with Crippen LogP contribution >= 0.6 is 0 Å². The number of hydrogen-bond donors (Lipinski definition) is 0. The number of nitrogens with zero attached hydrogens (tertiary/aromatic N) is 4. The smallest absolute Gasteiger partial charge is 0.316 e. The van der Waals surface area contributed by atoms with Gasteiger partial charge in [0, 0.05) is 43.4 Å². The number of ether oxygens (including phenoxy) is 1. The van der Waals surface area contributed by atoms with Crippen LogP contribution in [0, 0.1) is 5.92 Å². The molecule has 1 fully saturated rings. The van der Waals surface area contributed by atoms with E-state index in [0.717, 1.165) is 11.1 Å². The third kappa shape index (κ3) is 4.76. The Labute approximate surface area is 154 Å². The maximum atomic E-state index is 12.3. The Morgan fingerprint density at radius 1 is 1.12 bits per heavy atom. The number of sulfonamides is 1. The Morgan fingerprint density at radius 3 is 2.31 bits per heavy atom. The van der Waals surface area contributed by atoms with Crippen molar-refractivity contribution in [1.29, 1.82) is 0 Å². The largest absolute Gasteiger partial charge is 0.460 e. The number of aromatic nitrogens is 3. The fraction of sp³-hybridized carbons (Fsp3) is 0.500. The Morgan fingerprint density at radius 2 is 1.73 bits per heavy atom. The third-order valence-corrected chi connectivity index (χ3v) is 6.49. The van der Waals surface area contributed by atoms with Crippen molar-refractivity contribution < 1.29 is 13.2 Å². The van der Waals surface area contributed by atoms with E-state index in [4.69, 9.17) is 4.74 Å². The molecule has 0 amide bonds. The summed E-state index contributed by atoms with van der Waals surface area (Å²) >= 11 is 0. The van der Waals surface area contributed by atoms with Crippen molar-refractivity contribution in [3.63, 3.8) is 0 Å². The topological polar surface area (TPSA) is 85.3 Å². The van der Waals surface area contributed by atoms with Crippen LogP contribution in [-0.2, 0) is 10.0 Å². The van der Waals surface area contributed by atoms with E-state index in [0.29, 0.717) is 31.9 Å². The Kier molecular flexibility index (Phi) is 5.83. The number of piperidine rings is 1. The molecule has 0 N–H and O–H groups in total. The van der Waals surface area contributed by atoms with Crippen LogP contribution < -0.4 is 4.74 Å². The molecule has 1 saturated heterocycles. The van der Waals surface area contributed by atoms with Crippen molar-refractivity contribution in [2.45, 2.75) is 32.8 Å². The molecule has 0 radical (unpaired) electrons. The molecule has 0 spiro atoms. The predicted octanol–water partition coefficient (Wildman–Crippen LogP) is 2.37. The second-order valence-electron chi connectivity index (χ2n) is 6.88. The number of pyridine rings is 1. The van der Waals surface area contributed by atoms with E-state index >= 15 is 0 Å². The van der Waals surface area contributed by atoms with Crippen LogP contribution in [-0.4, -0.2) is 52.6 Å². The van der Waals surface area contributed by atoms with E-state index in [-0.39, 0.29) is 17.8 Å². The van der Waals surface area contributed by atoms with Gasteiger partial charge in [-0.25, -0.2) is 22.7 Å². The number of hydrogen-bond acceptors (Lipinski definition) is 6. The molecule has 0 aromatic carbocycles. The van der Waals surface area contributed by atoms with Crippen LogP contribution in [0.15, 0.2) is 36.9 Å². The van der Waals surface area contributed by atoms with Crippen molar-refractivity contribution in [3.05, 3.63) is 36.9 Å².